The molecule has 28 heavy (non-hydrogen) atoms. The average Bonchev–Trinajstić information content (AvgIpc) is 2.90. The number of hydrogen-bond donors (Lipinski definition) is 2. The van der Waals surface area contributed by atoms with Gasteiger partial charge in [-0.25, -0.2) is 4.18 Å². The Balaban J connectivity index is 1.63. The molecule has 158 valence electrons. The van der Waals surface area contributed by atoms with Gasteiger partial charge in [-0.3, -0.25) is 9.35 Å². The van der Waals surface area contributed by atoms with Gasteiger partial charge in [-0.15, -0.1) is 0 Å². The van der Waals surface area contributed by atoms with Gasteiger partial charge in [0.2, 0.25) is 0 Å². The van der Waals surface area contributed by atoms with Crippen molar-refractivity contribution >= 4 is 16.2 Å². The van der Waals surface area contributed by atoms with Gasteiger partial charge in [-0.2, -0.15) is 8.42 Å². The quantitative estimate of drug-likeness (QED) is 0.545. The molecule has 4 aliphatic rings. The number of aliphatic hydroxyl groups excluding tert-OH is 1. The molecule has 2 N–H and O–H groups in total. The fourth-order valence-corrected chi connectivity index (χ4v) is 8.19. The van der Waals surface area contributed by atoms with Crippen LogP contribution in [0, 0.1) is 34.5 Å². The summed E-state index contributed by atoms with van der Waals surface area (Å²) >= 11 is 0. The zero-order valence-corrected chi connectivity index (χ0v) is 17.7. The third-order valence-corrected chi connectivity index (χ3v) is 9.25. The second-order valence-corrected chi connectivity index (χ2v) is 11.1. The molecule has 0 spiro atoms. The maximum absolute atomic E-state index is 12.2. The van der Waals surface area contributed by atoms with Crippen LogP contribution in [-0.4, -0.2) is 36.1 Å². The van der Waals surface area contributed by atoms with E-state index in [0.29, 0.717) is 31.1 Å². The Morgan fingerprint density at radius 3 is 2.61 bits per heavy atom. The number of hydrogen-bond acceptors (Lipinski definition) is 5. The van der Waals surface area contributed by atoms with E-state index in [1.165, 1.54) is 0 Å². The molecule has 8 atom stereocenters. The monoisotopic (exact) mass is 412 g/mol. The van der Waals surface area contributed by atoms with Gasteiger partial charge in [0.15, 0.2) is 0 Å². The first-order valence-electron chi connectivity index (χ1n) is 10.5. The van der Waals surface area contributed by atoms with Crippen LogP contribution in [0.1, 0.15) is 65.7 Å². The van der Waals surface area contributed by atoms with E-state index >= 15 is 0 Å². The molecule has 7 heteroatoms. The second-order valence-electron chi connectivity index (χ2n) is 10.1. The number of Topliss-reactive ketones (excluding diaryl/α,β-unsaturated/α-hetero) is 1. The van der Waals surface area contributed by atoms with E-state index < -0.39 is 22.6 Å². The topological polar surface area (TPSA) is 101 Å². The number of allylic oxidation sites excluding steroid dienone is 1. The van der Waals surface area contributed by atoms with Gasteiger partial charge in [-0.05, 0) is 80.5 Å². The first-order valence-corrected chi connectivity index (χ1v) is 11.9. The first-order chi connectivity index (χ1) is 13.0. The second kappa shape index (κ2) is 6.62. The van der Waals surface area contributed by atoms with Crippen LogP contribution in [0.25, 0.3) is 0 Å². The SMILES string of the molecule is CC(=O)[C@H]1CC[C@H]2[C@@H]3CC=C4CC(OS(=O)(=O)O)CC[C@]4(C)[C@H]3[C@@H](O)C[C@]12C. The number of rotatable bonds is 3. The standard InChI is InChI=1S/C21H32O6S/c1-12(22)16-6-7-17-15-5-4-13-10-14(27-28(24,25)26)8-9-20(13,2)19(15)18(23)11-21(16,17)3/h4,14-19,23H,5-11H2,1-3H3,(H,24,25,26)/t14?,15-,16+,17-,18-,19+,20-,21+/m0/s1. The zero-order valence-electron chi connectivity index (χ0n) is 16.9. The summed E-state index contributed by atoms with van der Waals surface area (Å²) in [7, 11) is -4.46. The van der Waals surface area contributed by atoms with Gasteiger partial charge in [0, 0.05) is 5.92 Å². The molecule has 4 aliphatic carbocycles. The molecule has 4 rings (SSSR count). The summed E-state index contributed by atoms with van der Waals surface area (Å²) in [5.74, 6) is 1.21. The highest BCUT2D eigenvalue weighted by Crippen LogP contribution is 2.66. The lowest BCUT2D eigenvalue weighted by molar-refractivity contribution is -0.140. The summed E-state index contributed by atoms with van der Waals surface area (Å²) < 4.78 is 36.1. The van der Waals surface area contributed by atoms with Crippen molar-refractivity contribution in [2.45, 2.75) is 77.9 Å². The van der Waals surface area contributed by atoms with Gasteiger partial charge in [0.1, 0.15) is 5.78 Å². The Labute approximate surface area is 167 Å². The van der Waals surface area contributed by atoms with Gasteiger partial charge < -0.3 is 5.11 Å². The molecule has 0 bridgehead atoms. The van der Waals surface area contributed by atoms with Crippen molar-refractivity contribution in [2.24, 2.45) is 34.5 Å². The fourth-order valence-electron chi connectivity index (χ4n) is 7.68. The summed E-state index contributed by atoms with van der Waals surface area (Å²) in [5.41, 5.74) is 0.841. The van der Waals surface area contributed by atoms with E-state index in [0.717, 1.165) is 31.3 Å². The van der Waals surface area contributed by atoms with Crippen LogP contribution in [-0.2, 0) is 19.4 Å². The molecule has 0 aromatic rings. The smallest absolute Gasteiger partial charge is 0.393 e. The summed E-state index contributed by atoms with van der Waals surface area (Å²) in [6.07, 6.45) is 6.46. The summed E-state index contributed by atoms with van der Waals surface area (Å²) in [4.78, 5) is 12.2. The molecule has 0 radical (unpaired) electrons. The molecule has 0 amide bonds. The Hall–Kier alpha value is -0.760. The highest BCUT2D eigenvalue weighted by Gasteiger charge is 2.62. The minimum absolute atomic E-state index is 0.0465. The molecule has 0 saturated heterocycles. The minimum Gasteiger partial charge on any atom is -0.393 e. The lowest BCUT2D eigenvalue weighted by atomic mass is 9.46. The first kappa shape index (κ1) is 20.5. The lowest BCUT2D eigenvalue weighted by Gasteiger charge is -2.59. The molecule has 6 nitrogen and oxygen atoms in total. The number of carbonyl (C=O) groups is 1. The zero-order chi connectivity index (χ0) is 20.5. The van der Waals surface area contributed by atoms with Crippen LogP contribution in [0.2, 0.25) is 0 Å². The number of carbonyl (C=O) groups excluding carboxylic acids is 1. The van der Waals surface area contributed by atoms with Gasteiger partial charge in [0.25, 0.3) is 0 Å². The lowest BCUT2D eigenvalue weighted by Crippen LogP contribution is -2.56. The molecule has 0 aromatic carbocycles. The number of ketones is 1. The van der Waals surface area contributed by atoms with E-state index in [1.807, 2.05) is 0 Å². The van der Waals surface area contributed by atoms with Crippen molar-refractivity contribution in [3.05, 3.63) is 11.6 Å². The third-order valence-electron chi connectivity index (χ3n) is 8.74. The normalized spacial score (nSPS) is 48.2. The van der Waals surface area contributed by atoms with Crippen LogP contribution < -0.4 is 0 Å². The number of fused-ring (bicyclic) bond motifs is 5. The van der Waals surface area contributed by atoms with Crippen LogP contribution in [0.3, 0.4) is 0 Å². The predicted molar refractivity (Wildman–Crippen MR) is 104 cm³/mol. The van der Waals surface area contributed by atoms with Gasteiger partial charge in [-0.1, -0.05) is 25.5 Å². The fraction of sp³-hybridized carbons (Fsp3) is 0.857. The van der Waals surface area contributed by atoms with Crippen molar-refractivity contribution in [3.8, 4) is 0 Å². The molecule has 3 fully saturated rings. The maximum Gasteiger partial charge on any atom is 0.397 e. The van der Waals surface area contributed by atoms with E-state index in [2.05, 4.69) is 19.9 Å². The van der Waals surface area contributed by atoms with Gasteiger partial charge >= 0.3 is 10.4 Å². The molecule has 3 saturated carbocycles. The van der Waals surface area contributed by atoms with E-state index in [1.54, 1.807) is 6.92 Å². The molecule has 1 unspecified atom stereocenters. The minimum atomic E-state index is -4.46. The highest BCUT2D eigenvalue weighted by molar-refractivity contribution is 7.80. The molecular weight excluding hydrogens is 380 g/mol. The summed E-state index contributed by atoms with van der Waals surface area (Å²) in [5, 5.41) is 11.3. The van der Waals surface area contributed by atoms with E-state index in [-0.39, 0.29) is 28.4 Å². The Kier molecular flexibility index (Phi) is 4.85. The van der Waals surface area contributed by atoms with Crippen molar-refractivity contribution in [2.75, 3.05) is 0 Å². The van der Waals surface area contributed by atoms with E-state index in [9.17, 15) is 18.3 Å². The van der Waals surface area contributed by atoms with Crippen molar-refractivity contribution < 1.29 is 27.1 Å². The summed E-state index contributed by atoms with van der Waals surface area (Å²) in [6.45, 7) is 6.09. The van der Waals surface area contributed by atoms with Crippen LogP contribution in [0.5, 0.6) is 0 Å². The largest absolute Gasteiger partial charge is 0.397 e. The Morgan fingerprint density at radius 1 is 1.25 bits per heavy atom. The molecule has 0 aromatic heterocycles. The Morgan fingerprint density at radius 2 is 1.96 bits per heavy atom. The van der Waals surface area contributed by atoms with Crippen molar-refractivity contribution in [3.63, 3.8) is 0 Å². The molecular formula is C21H32O6S. The number of aliphatic hydroxyl groups is 1. The molecule has 0 aliphatic heterocycles. The molecule has 0 heterocycles. The Bertz CT molecular complexity index is 804. The summed E-state index contributed by atoms with van der Waals surface area (Å²) in [6, 6.07) is 0. The van der Waals surface area contributed by atoms with Crippen molar-refractivity contribution in [1.29, 1.82) is 0 Å². The van der Waals surface area contributed by atoms with Crippen LogP contribution >= 0.6 is 0 Å². The third kappa shape index (κ3) is 3.09. The highest BCUT2D eigenvalue weighted by atomic mass is 32.3. The van der Waals surface area contributed by atoms with E-state index in [4.69, 9.17) is 8.74 Å². The van der Waals surface area contributed by atoms with Crippen LogP contribution in [0.4, 0.5) is 0 Å². The average molecular weight is 413 g/mol. The maximum atomic E-state index is 12.2. The predicted octanol–water partition coefficient (Wildman–Crippen LogP) is 3.31. The van der Waals surface area contributed by atoms with Gasteiger partial charge in [0.05, 0.1) is 12.2 Å². The van der Waals surface area contributed by atoms with Crippen LogP contribution in [0.15, 0.2) is 11.6 Å². The van der Waals surface area contributed by atoms with Crippen molar-refractivity contribution in [1.82, 2.24) is 0 Å².